The Morgan fingerprint density at radius 1 is 1.57 bits per heavy atom. The van der Waals surface area contributed by atoms with Crippen LogP contribution in [0.3, 0.4) is 0 Å². The Labute approximate surface area is 125 Å². The fourth-order valence-electron chi connectivity index (χ4n) is 1.69. The van der Waals surface area contributed by atoms with Crippen molar-refractivity contribution in [3.8, 4) is 11.5 Å². The van der Waals surface area contributed by atoms with E-state index in [-0.39, 0.29) is 16.5 Å². The van der Waals surface area contributed by atoms with Gasteiger partial charge in [0.2, 0.25) is 0 Å². The number of carbonyl (C=O) groups is 1. The van der Waals surface area contributed by atoms with Crippen molar-refractivity contribution in [1.82, 2.24) is 15.2 Å². The van der Waals surface area contributed by atoms with Gasteiger partial charge in [0, 0.05) is 12.6 Å². The van der Waals surface area contributed by atoms with E-state index in [1.54, 1.807) is 25.2 Å². The average Bonchev–Trinajstić information content (AvgIpc) is 2.80. The van der Waals surface area contributed by atoms with Gasteiger partial charge in [-0.2, -0.15) is 10.2 Å². The minimum Gasteiger partial charge on any atom is -0.504 e. The van der Waals surface area contributed by atoms with E-state index in [0.29, 0.717) is 11.3 Å². The zero-order valence-corrected chi connectivity index (χ0v) is 12.1. The number of ether oxygens (including phenoxy) is 1. The van der Waals surface area contributed by atoms with Gasteiger partial charge in [-0.05, 0) is 12.1 Å². The van der Waals surface area contributed by atoms with Crippen molar-refractivity contribution >= 4 is 23.7 Å². The minimum atomic E-state index is -0.501. The molecule has 110 valence electrons. The molecule has 1 amide bonds. The number of rotatable bonds is 4. The molecule has 0 aliphatic heterocycles. The molecule has 0 aliphatic carbocycles. The largest absolute Gasteiger partial charge is 0.504 e. The van der Waals surface area contributed by atoms with Crippen LogP contribution in [-0.2, 0) is 7.05 Å². The highest BCUT2D eigenvalue weighted by molar-refractivity contribution is 6.33. The molecule has 2 aromatic rings. The van der Waals surface area contributed by atoms with Crippen molar-refractivity contribution in [3.05, 3.63) is 40.7 Å². The van der Waals surface area contributed by atoms with Gasteiger partial charge in [-0.3, -0.25) is 9.48 Å². The lowest BCUT2D eigenvalue weighted by Crippen LogP contribution is -2.21. The van der Waals surface area contributed by atoms with E-state index in [1.807, 2.05) is 0 Å². The predicted octanol–water partition coefficient (Wildman–Crippen LogP) is 1.55. The first kappa shape index (κ1) is 14.9. The average molecular weight is 309 g/mol. The number of aromatic nitrogens is 2. The van der Waals surface area contributed by atoms with Gasteiger partial charge in [-0.25, -0.2) is 5.43 Å². The van der Waals surface area contributed by atoms with Crippen LogP contribution in [0, 0.1) is 0 Å². The quantitative estimate of drug-likeness (QED) is 0.662. The van der Waals surface area contributed by atoms with Gasteiger partial charge >= 0.3 is 0 Å². The van der Waals surface area contributed by atoms with Gasteiger partial charge in [0.25, 0.3) is 5.91 Å². The standard InChI is InChI=1S/C13H13ClN4O3/c1-18-11(9(14)7-16-18)13(20)17-15-6-8-4-3-5-10(21-2)12(8)19/h3-7,19H,1-2H3,(H,17,20). The van der Waals surface area contributed by atoms with Gasteiger partial charge in [0.05, 0.1) is 24.5 Å². The lowest BCUT2D eigenvalue weighted by atomic mass is 10.2. The first-order valence-corrected chi connectivity index (χ1v) is 6.29. The number of phenolic OH excluding ortho intramolecular Hbond substituents is 1. The van der Waals surface area contributed by atoms with Crippen molar-refractivity contribution in [2.45, 2.75) is 0 Å². The minimum absolute atomic E-state index is 0.0587. The number of phenols is 1. The van der Waals surface area contributed by atoms with Crippen LogP contribution in [-0.4, -0.2) is 34.1 Å². The number of nitrogens with zero attached hydrogens (tertiary/aromatic N) is 3. The van der Waals surface area contributed by atoms with Gasteiger partial charge in [0.1, 0.15) is 5.69 Å². The number of hydrogen-bond donors (Lipinski definition) is 2. The number of aryl methyl sites for hydroxylation is 1. The number of amides is 1. The molecule has 2 N–H and O–H groups in total. The summed E-state index contributed by atoms with van der Waals surface area (Å²) >= 11 is 5.85. The Bertz CT molecular complexity index is 677. The van der Waals surface area contributed by atoms with Crippen LogP contribution < -0.4 is 10.2 Å². The summed E-state index contributed by atoms with van der Waals surface area (Å²) < 4.78 is 6.32. The lowest BCUT2D eigenvalue weighted by Gasteiger charge is -2.05. The van der Waals surface area contributed by atoms with Crippen molar-refractivity contribution in [2.75, 3.05) is 7.11 Å². The van der Waals surface area contributed by atoms with Crippen LogP contribution in [0.5, 0.6) is 11.5 Å². The fraction of sp³-hybridized carbons (Fsp3) is 0.154. The maximum absolute atomic E-state index is 11.9. The topological polar surface area (TPSA) is 88.7 Å². The summed E-state index contributed by atoms with van der Waals surface area (Å²) in [4.78, 5) is 11.9. The Morgan fingerprint density at radius 2 is 2.33 bits per heavy atom. The molecule has 0 aliphatic rings. The Morgan fingerprint density at radius 3 is 2.95 bits per heavy atom. The van der Waals surface area contributed by atoms with Gasteiger partial charge in [0.15, 0.2) is 11.5 Å². The molecule has 0 saturated heterocycles. The number of aromatic hydroxyl groups is 1. The second-order valence-corrected chi connectivity index (χ2v) is 4.47. The van der Waals surface area contributed by atoms with Gasteiger partial charge in [-0.1, -0.05) is 17.7 Å². The van der Waals surface area contributed by atoms with E-state index in [4.69, 9.17) is 16.3 Å². The van der Waals surface area contributed by atoms with Gasteiger partial charge in [-0.15, -0.1) is 0 Å². The molecular formula is C13H13ClN4O3. The number of benzene rings is 1. The maximum atomic E-state index is 11.9. The molecule has 2 rings (SSSR count). The zero-order valence-electron chi connectivity index (χ0n) is 11.4. The third kappa shape index (κ3) is 3.14. The van der Waals surface area contributed by atoms with Crippen molar-refractivity contribution in [1.29, 1.82) is 0 Å². The molecule has 0 atom stereocenters. The molecule has 1 heterocycles. The molecule has 0 radical (unpaired) electrons. The number of hydrogen-bond acceptors (Lipinski definition) is 5. The molecule has 8 heteroatoms. The van der Waals surface area contributed by atoms with E-state index in [0.717, 1.165) is 0 Å². The smallest absolute Gasteiger partial charge is 0.291 e. The second-order valence-electron chi connectivity index (χ2n) is 4.06. The van der Waals surface area contributed by atoms with E-state index in [1.165, 1.54) is 24.2 Å². The van der Waals surface area contributed by atoms with E-state index in [2.05, 4.69) is 15.6 Å². The van der Waals surface area contributed by atoms with Crippen LogP contribution >= 0.6 is 11.6 Å². The van der Waals surface area contributed by atoms with Crippen LogP contribution in [0.25, 0.3) is 0 Å². The van der Waals surface area contributed by atoms with Crippen LogP contribution in [0.2, 0.25) is 5.02 Å². The van der Waals surface area contributed by atoms with Crippen LogP contribution in [0.4, 0.5) is 0 Å². The Kier molecular flexibility index (Phi) is 4.44. The van der Waals surface area contributed by atoms with Crippen molar-refractivity contribution in [2.24, 2.45) is 12.1 Å². The molecule has 0 spiro atoms. The number of methoxy groups -OCH3 is 1. The number of para-hydroxylation sites is 1. The number of halogens is 1. The maximum Gasteiger partial charge on any atom is 0.291 e. The molecular weight excluding hydrogens is 296 g/mol. The number of nitrogens with one attached hydrogen (secondary N) is 1. The summed E-state index contributed by atoms with van der Waals surface area (Å²) in [5, 5.41) is 17.7. The second kappa shape index (κ2) is 6.27. The zero-order chi connectivity index (χ0) is 15.4. The SMILES string of the molecule is COc1cccc(C=NNC(=O)c2c(Cl)cnn2C)c1O. The number of hydrazone groups is 1. The van der Waals surface area contributed by atoms with Crippen molar-refractivity contribution in [3.63, 3.8) is 0 Å². The molecule has 7 nitrogen and oxygen atoms in total. The summed E-state index contributed by atoms with van der Waals surface area (Å²) in [5.74, 6) is -0.241. The van der Waals surface area contributed by atoms with Crippen LogP contribution in [0.1, 0.15) is 16.1 Å². The number of carbonyl (C=O) groups excluding carboxylic acids is 1. The fourth-order valence-corrected chi connectivity index (χ4v) is 1.94. The third-order valence-electron chi connectivity index (χ3n) is 2.73. The molecule has 21 heavy (non-hydrogen) atoms. The van der Waals surface area contributed by atoms with Crippen molar-refractivity contribution < 1.29 is 14.6 Å². The van der Waals surface area contributed by atoms with Crippen LogP contribution in [0.15, 0.2) is 29.5 Å². The molecule has 0 bridgehead atoms. The first-order chi connectivity index (χ1) is 10.0. The molecule has 1 aromatic carbocycles. The molecule has 0 saturated carbocycles. The van der Waals surface area contributed by atoms with E-state index in [9.17, 15) is 9.90 Å². The Hall–Kier alpha value is -2.54. The van der Waals surface area contributed by atoms with Gasteiger partial charge < -0.3 is 9.84 Å². The monoisotopic (exact) mass is 308 g/mol. The summed E-state index contributed by atoms with van der Waals surface area (Å²) in [5.41, 5.74) is 2.92. The summed E-state index contributed by atoms with van der Waals surface area (Å²) in [6.07, 6.45) is 2.67. The normalized spacial score (nSPS) is 10.8. The summed E-state index contributed by atoms with van der Waals surface area (Å²) in [7, 11) is 3.04. The third-order valence-corrected chi connectivity index (χ3v) is 3.01. The predicted molar refractivity (Wildman–Crippen MR) is 77.9 cm³/mol. The highest BCUT2D eigenvalue weighted by Crippen LogP contribution is 2.27. The first-order valence-electron chi connectivity index (χ1n) is 5.91. The summed E-state index contributed by atoms with van der Waals surface area (Å²) in [6, 6.07) is 4.94. The molecule has 0 fully saturated rings. The highest BCUT2D eigenvalue weighted by atomic mass is 35.5. The van der Waals surface area contributed by atoms with E-state index < -0.39 is 5.91 Å². The molecule has 0 unspecified atom stereocenters. The Balaban J connectivity index is 2.11. The summed E-state index contributed by atoms with van der Waals surface area (Å²) in [6.45, 7) is 0. The van der Waals surface area contributed by atoms with E-state index >= 15 is 0 Å². The lowest BCUT2D eigenvalue weighted by molar-refractivity contribution is 0.0946. The highest BCUT2D eigenvalue weighted by Gasteiger charge is 2.14. The molecule has 1 aromatic heterocycles.